The molecule has 6 atom stereocenters. The van der Waals surface area contributed by atoms with Gasteiger partial charge in [0.05, 0.1) is 37.1 Å². The molecular weight excluding hydrogens is 665 g/mol. The van der Waals surface area contributed by atoms with Gasteiger partial charge in [0, 0.05) is 38.8 Å². The van der Waals surface area contributed by atoms with Crippen LogP contribution in [0.25, 0.3) is 0 Å². The molecule has 13 nitrogen and oxygen atoms in total. The van der Waals surface area contributed by atoms with Gasteiger partial charge in [0.1, 0.15) is 17.8 Å². The molecule has 52 heavy (non-hydrogen) atoms. The summed E-state index contributed by atoms with van der Waals surface area (Å²) < 4.78 is 12.3. The van der Waals surface area contributed by atoms with Gasteiger partial charge in [-0.3, -0.25) is 19.4 Å². The third kappa shape index (κ3) is 14.5. The second-order valence-electron chi connectivity index (χ2n) is 14.3. The van der Waals surface area contributed by atoms with Crippen LogP contribution in [0.3, 0.4) is 0 Å². The third-order valence-corrected chi connectivity index (χ3v) is 9.31. The Morgan fingerprint density at radius 1 is 0.904 bits per heavy atom. The highest BCUT2D eigenvalue weighted by atomic mass is 16.7. The van der Waals surface area contributed by atoms with Crippen LogP contribution in [0.2, 0.25) is 0 Å². The molecule has 1 aromatic carbocycles. The van der Waals surface area contributed by atoms with Gasteiger partial charge in [-0.25, -0.2) is 4.98 Å². The van der Waals surface area contributed by atoms with E-state index in [1.165, 1.54) is 62.0 Å². The van der Waals surface area contributed by atoms with Crippen molar-refractivity contribution in [1.82, 2.24) is 25.5 Å². The van der Waals surface area contributed by atoms with Crippen molar-refractivity contribution in [2.75, 3.05) is 20.2 Å². The predicted octanol–water partition coefficient (Wildman–Crippen LogP) is 3.25. The Kier molecular flexibility index (Phi) is 19.2. The topological polar surface area (TPSA) is 183 Å². The smallest absolute Gasteiger partial charge is 0.401 e. The molecule has 3 amide bonds. The van der Waals surface area contributed by atoms with Gasteiger partial charge >= 0.3 is 7.12 Å². The number of aromatic nitrogens is 2. The molecule has 2 aromatic rings. The van der Waals surface area contributed by atoms with Gasteiger partial charge in [-0.2, -0.15) is 0 Å². The monoisotopic (exact) mass is 725 g/mol. The van der Waals surface area contributed by atoms with E-state index < -0.39 is 61.9 Å². The number of likely N-dealkylation sites (N-methyl/N-ethyl adjacent to an activating group) is 1. The van der Waals surface area contributed by atoms with Crippen LogP contribution in [0.4, 0.5) is 0 Å². The number of nitrogens with one attached hydrogen (secondary N) is 2. The summed E-state index contributed by atoms with van der Waals surface area (Å²) >= 11 is 0. The fraction of sp³-hybridized carbons (Fsp3) is 0.658. The molecule has 3 unspecified atom stereocenters. The van der Waals surface area contributed by atoms with Crippen molar-refractivity contribution in [2.45, 2.75) is 134 Å². The summed E-state index contributed by atoms with van der Waals surface area (Å²) in [5.74, 6) is -1.85. The van der Waals surface area contributed by atoms with Crippen molar-refractivity contribution in [2.24, 2.45) is 5.92 Å². The van der Waals surface area contributed by atoms with Gasteiger partial charge in [-0.1, -0.05) is 102 Å². The maximum absolute atomic E-state index is 13.9. The number of carbonyl (C=O) groups excluding carboxylic acids is 3. The molecule has 0 radical (unpaired) electrons. The molecule has 3 rings (SSSR count). The largest absolute Gasteiger partial charge is 0.481 e. The lowest BCUT2D eigenvalue weighted by Crippen LogP contribution is -2.55. The number of aliphatic hydroxyl groups excluding tert-OH is 3. The van der Waals surface area contributed by atoms with Crippen LogP contribution >= 0.6 is 0 Å². The summed E-state index contributed by atoms with van der Waals surface area (Å²) in [6, 6.07) is 8.26. The van der Waals surface area contributed by atoms with Gasteiger partial charge in [-0.05, 0) is 24.3 Å². The van der Waals surface area contributed by atoms with Crippen molar-refractivity contribution in [3.05, 3.63) is 60.2 Å². The van der Waals surface area contributed by atoms with E-state index >= 15 is 0 Å². The first-order valence-corrected chi connectivity index (χ1v) is 19.0. The van der Waals surface area contributed by atoms with Crippen LogP contribution in [-0.4, -0.2) is 112 Å². The minimum atomic E-state index is -1.39. The number of amides is 3. The van der Waals surface area contributed by atoms with E-state index in [4.69, 9.17) is 9.31 Å². The van der Waals surface area contributed by atoms with Crippen molar-refractivity contribution in [1.29, 1.82) is 0 Å². The number of carbonyl (C=O) groups is 3. The van der Waals surface area contributed by atoms with Crippen LogP contribution in [0.1, 0.15) is 107 Å². The zero-order chi connectivity index (χ0) is 37.9. The second-order valence-corrected chi connectivity index (χ2v) is 14.3. The van der Waals surface area contributed by atoms with E-state index in [2.05, 4.69) is 27.5 Å². The Hall–Kier alpha value is -3.43. The summed E-state index contributed by atoms with van der Waals surface area (Å²) in [5.41, 5.74) is 0.880. The molecule has 5 N–H and O–H groups in total. The normalized spacial score (nSPS) is 18.1. The molecule has 1 fully saturated rings. The standard InChI is InChI=1S/C38H60BN5O8/c1-5-6-7-8-9-10-11-12-16-19-34(48)44(4)25-31(46)35-36(32(47)26-45)52-39(51-35)33(22-27(2)3)43-37(49)29(23-28-17-14-13-15-18-28)42-38(50)30-24-40-20-21-41-30/h13-15,17-18,20-21,24,27,29,31-33,35-36,45-47H,5-12,16,19,22-23,25-26H2,1-4H3,(H,42,50)(H,43,49)/t29-,31?,32?,33-,35?,36+/m0/s1. The SMILES string of the molecule is CCCCCCCCCCCC(=O)N(C)CC(O)C1OB([C@H](CC(C)C)NC(=O)[C@H](Cc2ccccc2)NC(=O)c2cnccn2)O[C@@H]1C(O)CO. The number of aliphatic hydroxyl groups is 3. The fourth-order valence-corrected chi connectivity index (χ4v) is 6.41. The summed E-state index contributed by atoms with van der Waals surface area (Å²) in [4.78, 5) is 49.3. The lowest BCUT2D eigenvalue weighted by atomic mass is 9.74. The first-order valence-electron chi connectivity index (χ1n) is 19.0. The highest BCUT2D eigenvalue weighted by molar-refractivity contribution is 6.47. The lowest BCUT2D eigenvalue weighted by molar-refractivity contribution is -0.132. The van der Waals surface area contributed by atoms with E-state index in [9.17, 15) is 29.7 Å². The summed E-state index contributed by atoms with van der Waals surface area (Å²) in [6.45, 7) is 5.42. The zero-order valence-electron chi connectivity index (χ0n) is 31.4. The number of hydrogen-bond acceptors (Lipinski definition) is 10. The van der Waals surface area contributed by atoms with E-state index in [1.807, 2.05) is 44.2 Å². The van der Waals surface area contributed by atoms with Gasteiger partial charge in [-0.15, -0.1) is 0 Å². The molecule has 288 valence electrons. The molecule has 1 aromatic heterocycles. The Bertz CT molecular complexity index is 1330. The predicted molar refractivity (Wildman–Crippen MR) is 199 cm³/mol. The first-order chi connectivity index (χ1) is 25.0. The van der Waals surface area contributed by atoms with Crippen molar-refractivity contribution in [3.63, 3.8) is 0 Å². The van der Waals surface area contributed by atoms with Crippen molar-refractivity contribution >= 4 is 24.8 Å². The maximum Gasteiger partial charge on any atom is 0.481 e. The summed E-state index contributed by atoms with van der Waals surface area (Å²) in [7, 11) is 0.516. The summed E-state index contributed by atoms with van der Waals surface area (Å²) in [5, 5.41) is 37.6. The maximum atomic E-state index is 13.9. The van der Waals surface area contributed by atoms with Crippen LogP contribution in [0, 0.1) is 5.92 Å². The van der Waals surface area contributed by atoms with Crippen LogP contribution in [-0.2, 0) is 25.3 Å². The molecule has 0 saturated carbocycles. The number of unbranched alkanes of at least 4 members (excludes halogenated alkanes) is 8. The van der Waals surface area contributed by atoms with Crippen LogP contribution in [0.15, 0.2) is 48.9 Å². The van der Waals surface area contributed by atoms with Gasteiger partial charge < -0.3 is 40.2 Å². The minimum absolute atomic E-state index is 0.0591. The summed E-state index contributed by atoms with van der Waals surface area (Å²) in [6.07, 6.45) is 10.5. The molecular formula is C38H60BN5O8. The van der Waals surface area contributed by atoms with E-state index in [0.29, 0.717) is 12.8 Å². The fourth-order valence-electron chi connectivity index (χ4n) is 6.41. The average Bonchev–Trinajstić information content (AvgIpc) is 3.59. The molecule has 14 heteroatoms. The molecule has 1 aliphatic heterocycles. The highest BCUT2D eigenvalue weighted by Crippen LogP contribution is 2.27. The average molecular weight is 726 g/mol. The van der Waals surface area contributed by atoms with Gasteiger partial charge in [0.2, 0.25) is 11.8 Å². The van der Waals surface area contributed by atoms with E-state index in [1.54, 1.807) is 7.05 Å². The van der Waals surface area contributed by atoms with E-state index in [0.717, 1.165) is 24.8 Å². The van der Waals surface area contributed by atoms with E-state index in [-0.39, 0.29) is 30.5 Å². The Morgan fingerprint density at radius 2 is 1.54 bits per heavy atom. The molecule has 1 saturated heterocycles. The molecule has 0 bridgehead atoms. The number of rotatable bonds is 24. The lowest BCUT2D eigenvalue weighted by Gasteiger charge is -2.29. The second kappa shape index (κ2) is 23.3. The van der Waals surface area contributed by atoms with Crippen molar-refractivity contribution in [3.8, 4) is 0 Å². The molecule has 2 heterocycles. The van der Waals surface area contributed by atoms with Gasteiger partial charge in [0.15, 0.2) is 0 Å². The first kappa shape index (κ1) is 43.0. The van der Waals surface area contributed by atoms with Crippen LogP contribution < -0.4 is 10.6 Å². The number of nitrogens with zero attached hydrogens (tertiary/aromatic N) is 3. The molecule has 0 spiro atoms. The third-order valence-electron chi connectivity index (χ3n) is 9.31. The quantitative estimate of drug-likeness (QED) is 0.0796. The van der Waals surface area contributed by atoms with Crippen LogP contribution in [0.5, 0.6) is 0 Å². The minimum Gasteiger partial charge on any atom is -0.401 e. The zero-order valence-corrected chi connectivity index (χ0v) is 31.4. The molecule has 0 aliphatic carbocycles. The van der Waals surface area contributed by atoms with Crippen molar-refractivity contribution < 1.29 is 39.0 Å². The Balaban J connectivity index is 1.66. The Labute approximate surface area is 309 Å². The number of hydrogen-bond donors (Lipinski definition) is 5. The number of benzene rings is 1. The molecule has 1 aliphatic rings. The Morgan fingerprint density at radius 3 is 2.13 bits per heavy atom. The van der Waals surface area contributed by atoms with Gasteiger partial charge in [0.25, 0.3) is 5.91 Å². The highest BCUT2D eigenvalue weighted by Gasteiger charge is 2.50.